The van der Waals surface area contributed by atoms with Gasteiger partial charge in [-0.25, -0.2) is 9.59 Å². The zero-order chi connectivity index (χ0) is 23.8. The van der Waals surface area contributed by atoms with Crippen molar-refractivity contribution in [2.75, 3.05) is 13.2 Å². The maximum absolute atomic E-state index is 13.0. The second kappa shape index (κ2) is 8.89. The van der Waals surface area contributed by atoms with Crippen molar-refractivity contribution in [3.63, 3.8) is 0 Å². The first-order valence-corrected chi connectivity index (χ1v) is 11.4. The third-order valence-corrected chi connectivity index (χ3v) is 6.84. The molecule has 7 heteroatoms. The summed E-state index contributed by atoms with van der Waals surface area (Å²) >= 11 is 0. The number of aliphatic carboxylic acids is 1. The second-order valence-electron chi connectivity index (χ2n) is 9.56. The van der Waals surface area contributed by atoms with Gasteiger partial charge in [0, 0.05) is 12.5 Å². The molecular formula is C26H30N2O5. The molecule has 2 amide bonds. The topological polar surface area (TPSA) is 95.9 Å². The molecule has 2 N–H and O–H groups in total. The van der Waals surface area contributed by atoms with E-state index in [2.05, 4.69) is 17.4 Å². The van der Waals surface area contributed by atoms with Gasteiger partial charge >= 0.3 is 12.1 Å². The summed E-state index contributed by atoms with van der Waals surface area (Å²) in [5.41, 5.74) is 3.95. The van der Waals surface area contributed by atoms with Crippen LogP contribution < -0.4 is 5.32 Å². The highest BCUT2D eigenvalue weighted by Gasteiger charge is 2.45. The standard InChI is InChI=1S/C26H30N2O5/c1-16(23(29)28-14-8-13-26(2,3)22(28)24(30)31)27-25(32)33-15-21-19-11-6-4-9-17(19)18-10-5-7-12-20(18)21/h4-7,9-12,16,21-22H,8,13-15H2,1-3H3,(H,27,32)(H,30,31). The van der Waals surface area contributed by atoms with Gasteiger partial charge in [-0.1, -0.05) is 62.4 Å². The largest absolute Gasteiger partial charge is 0.480 e. The van der Waals surface area contributed by atoms with Crippen LogP contribution in [0.3, 0.4) is 0 Å². The molecule has 1 aliphatic carbocycles. The number of likely N-dealkylation sites (tertiary alicyclic amines) is 1. The Morgan fingerprint density at radius 2 is 1.67 bits per heavy atom. The van der Waals surface area contributed by atoms with Crippen LogP contribution >= 0.6 is 0 Å². The van der Waals surface area contributed by atoms with Crippen LogP contribution in [-0.4, -0.2) is 53.2 Å². The molecule has 1 heterocycles. The van der Waals surface area contributed by atoms with Gasteiger partial charge in [0.25, 0.3) is 0 Å². The number of hydrogen-bond donors (Lipinski definition) is 2. The second-order valence-corrected chi connectivity index (χ2v) is 9.56. The Balaban J connectivity index is 1.40. The van der Waals surface area contributed by atoms with Gasteiger partial charge in [0.15, 0.2) is 0 Å². The lowest BCUT2D eigenvalue weighted by Gasteiger charge is -2.44. The average Bonchev–Trinajstić information content (AvgIpc) is 3.09. The van der Waals surface area contributed by atoms with Gasteiger partial charge in [0.1, 0.15) is 18.7 Å². The summed E-state index contributed by atoms with van der Waals surface area (Å²) in [4.78, 5) is 38.8. The zero-order valence-electron chi connectivity index (χ0n) is 19.2. The van der Waals surface area contributed by atoms with E-state index in [0.717, 1.165) is 35.1 Å². The highest BCUT2D eigenvalue weighted by molar-refractivity contribution is 5.89. The predicted molar refractivity (Wildman–Crippen MR) is 124 cm³/mol. The maximum Gasteiger partial charge on any atom is 0.407 e. The number of piperidine rings is 1. The number of benzene rings is 2. The summed E-state index contributed by atoms with van der Waals surface area (Å²) in [6, 6.07) is 14.3. The first kappa shape index (κ1) is 22.8. The lowest BCUT2D eigenvalue weighted by atomic mass is 9.76. The van der Waals surface area contributed by atoms with E-state index in [1.807, 2.05) is 50.2 Å². The van der Waals surface area contributed by atoms with Gasteiger partial charge in [-0.2, -0.15) is 0 Å². The molecule has 0 spiro atoms. The first-order chi connectivity index (χ1) is 15.7. The average molecular weight is 451 g/mol. The van der Waals surface area contributed by atoms with Crippen LogP contribution in [0.1, 0.15) is 50.7 Å². The molecule has 0 saturated carbocycles. The Bertz CT molecular complexity index is 1030. The number of amides is 2. The molecule has 2 unspecified atom stereocenters. The van der Waals surface area contributed by atoms with Crippen LogP contribution in [0.2, 0.25) is 0 Å². The monoisotopic (exact) mass is 450 g/mol. The van der Waals surface area contributed by atoms with E-state index in [-0.39, 0.29) is 12.5 Å². The normalized spacial score (nSPS) is 19.8. The number of carboxylic acids is 1. The van der Waals surface area contributed by atoms with E-state index in [1.165, 1.54) is 4.90 Å². The van der Waals surface area contributed by atoms with Crippen molar-refractivity contribution in [2.24, 2.45) is 5.41 Å². The molecule has 2 aromatic carbocycles. The maximum atomic E-state index is 13.0. The first-order valence-electron chi connectivity index (χ1n) is 11.4. The van der Waals surface area contributed by atoms with Gasteiger partial charge in [0.05, 0.1) is 0 Å². The Labute approximate surface area is 193 Å². The Morgan fingerprint density at radius 3 is 2.24 bits per heavy atom. The summed E-state index contributed by atoms with van der Waals surface area (Å²) in [6.45, 7) is 5.78. The third-order valence-electron chi connectivity index (χ3n) is 6.84. The van der Waals surface area contributed by atoms with Crippen LogP contribution in [0.5, 0.6) is 0 Å². The fourth-order valence-corrected chi connectivity index (χ4v) is 5.23. The lowest BCUT2D eigenvalue weighted by Crippen LogP contribution is -2.60. The van der Waals surface area contributed by atoms with E-state index >= 15 is 0 Å². The molecule has 1 saturated heterocycles. The minimum atomic E-state index is -1.03. The van der Waals surface area contributed by atoms with E-state index in [4.69, 9.17) is 4.74 Å². The van der Waals surface area contributed by atoms with Crippen LogP contribution in [0.25, 0.3) is 11.1 Å². The quantitative estimate of drug-likeness (QED) is 0.717. The predicted octanol–water partition coefficient (Wildman–Crippen LogP) is 4.02. The number of carbonyl (C=O) groups excluding carboxylic acids is 2. The molecule has 2 aromatic rings. The van der Waals surface area contributed by atoms with E-state index < -0.39 is 35.5 Å². The molecule has 0 radical (unpaired) electrons. The van der Waals surface area contributed by atoms with Crippen molar-refractivity contribution >= 4 is 18.0 Å². The number of nitrogens with zero attached hydrogens (tertiary/aromatic N) is 1. The zero-order valence-corrected chi connectivity index (χ0v) is 19.2. The van der Waals surface area contributed by atoms with Gasteiger partial charge in [-0.3, -0.25) is 4.79 Å². The summed E-state index contributed by atoms with van der Waals surface area (Å²) < 4.78 is 5.53. The molecule has 2 atom stereocenters. The summed E-state index contributed by atoms with van der Waals surface area (Å²) in [5.74, 6) is -1.52. The molecule has 0 bridgehead atoms. The number of fused-ring (bicyclic) bond motifs is 3. The number of nitrogens with one attached hydrogen (secondary N) is 1. The van der Waals surface area contributed by atoms with E-state index in [9.17, 15) is 19.5 Å². The summed E-state index contributed by atoms with van der Waals surface area (Å²) in [5, 5.41) is 12.3. The smallest absolute Gasteiger partial charge is 0.407 e. The molecular weight excluding hydrogens is 420 g/mol. The molecule has 1 aliphatic heterocycles. The van der Waals surface area contributed by atoms with Gasteiger partial charge in [-0.05, 0) is 47.4 Å². The minimum absolute atomic E-state index is 0.0755. The van der Waals surface area contributed by atoms with Gasteiger partial charge < -0.3 is 20.1 Å². The molecule has 2 aliphatic rings. The summed E-state index contributed by atoms with van der Waals surface area (Å²) in [7, 11) is 0. The number of carboxylic acid groups (broad SMARTS) is 1. The van der Waals surface area contributed by atoms with Crippen LogP contribution in [0, 0.1) is 5.41 Å². The van der Waals surface area contributed by atoms with Crippen molar-refractivity contribution in [3.8, 4) is 11.1 Å². The Kier molecular flexibility index (Phi) is 6.15. The fraction of sp³-hybridized carbons (Fsp3) is 0.423. The molecule has 4 rings (SSSR count). The molecule has 0 aromatic heterocycles. The number of carbonyl (C=O) groups is 3. The molecule has 174 valence electrons. The van der Waals surface area contributed by atoms with E-state index in [0.29, 0.717) is 6.54 Å². The SMILES string of the molecule is CC(NC(=O)OCC1c2ccccc2-c2ccccc21)C(=O)N1CCCC(C)(C)C1C(=O)O. The third kappa shape index (κ3) is 4.32. The van der Waals surface area contributed by atoms with Crippen molar-refractivity contribution < 1.29 is 24.2 Å². The van der Waals surface area contributed by atoms with Gasteiger partial charge in [-0.15, -0.1) is 0 Å². The number of ether oxygens (including phenoxy) is 1. The Morgan fingerprint density at radius 1 is 1.09 bits per heavy atom. The summed E-state index contributed by atoms with van der Waals surface area (Å²) in [6.07, 6.45) is 0.753. The number of alkyl carbamates (subject to hydrolysis) is 1. The minimum Gasteiger partial charge on any atom is -0.480 e. The molecule has 33 heavy (non-hydrogen) atoms. The van der Waals surface area contributed by atoms with Crippen LogP contribution in [0.4, 0.5) is 4.79 Å². The lowest BCUT2D eigenvalue weighted by molar-refractivity contribution is -0.159. The van der Waals surface area contributed by atoms with Crippen molar-refractivity contribution in [1.82, 2.24) is 10.2 Å². The number of rotatable bonds is 5. The van der Waals surface area contributed by atoms with Crippen LogP contribution in [-0.2, 0) is 14.3 Å². The molecule has 1 fully saturated rings. The van der Waals surface area contributed by atoms with Gasteiger partial charge in [0.2, 0.25) is 5.91 Å². The van der Waals surface area contributed by atoms with E-state index in [1.54, 1.807) is 6.92 Å². The highest BCUT2D eigenvalue weighted by Crippen LogP contribution is 2.44. The number of hydrogen-bond acceptors (Lipinski definition) is 4. The van der Waals surface area contributed by atoms with Crippen molar-refractivity contribution in [3.05, 3.63) is 59.7 Å². The van der Waals surface area contributed by atoms with Crippen molar-refractivity contribution in [1.29, 1.82) is 0 Å². The van der Waals surface area contributed by atoms with Crippen molar-refractivity contribution in [2.45, 2.75) is 51.6 Å². The van der Waals surface area contributed by atoms with Crippen LogP contribution in [0.15, 0.2) is 48.5 Å². The molecule has 7 nitrogen and oxygen atoms in total. The highest BCUT2D eigenvalue weighted by atomic mass is 16.5. The fourth-order valence-electron chi connectivity index (χ4n) is 5.23. The Hall–Kier alpha value is -3.35.